The van der Waals surface area contributed by atoms with Crippen LogP contribution in [0.5, 0.6) is 11.5 Å². The number of ether oxygens (including phenoxy) is 2. The van der Waals surface area contributed by atoms with E-state index in [2.05, 4.69) is 0 Å². The van der Waals surface area contributed by atoms with Crippen LogP contribution < -0.4 is 9.47 Å². The largest absolute Gasteiger partial charge is 0.494 e. The van der Waals surface area contributed by atoms with Crippen LogP contribution in [0.3, 0.4) is 0 Å². The first-order valence-electron chi connectivity index (χ1n) is 8.72. The second-order valence-electron chi connectivity index (χ2n) is 6.18. The standard InChI is InChI=1S/C23H20O3/c1-2-25-19-13-14-22-20(15-19)21(17-9-5-3-6-10-17)16-23(24,26-22)18-11-7-4-8-12-18/h3-16,24H,2H2,1H3/t23-/m1/s1. The zero-order valence-electron chi connectivity index (χ0n) is 14.6. The van der Waals surface area contributed by atoms with Crippen molar-refractivity contribution in [2.24, 2.45) is 0 Å². The maximum atomic E-state index is 11.3. The molecule has 0 unspecified atom stereocenters. The Bertz CT molecular complexity index is 932. The molecule has 0 aromatic heterocycles. The van der Waals surface area contributed by atoms with E-state index in [9.17, 15) is 5.11 Å². The minimum Gasteiger partial charge on any atom is -0.494 e. The van der Waals surface area contributed by atoms with Crippen LogP contribution >= 0.6 is 0 Å². The highest BCUT2D eigenvalue weighted by atomic mass is 16.6. The van der Waals surface area contributed by atoms with Gasteiger partial charge in [0.05, 0.1) is 6.61 Å². The van der Waals surface area contributed by atoms with Crippen molar-refractivity contribution in [1.29, 1.82) is 0 Å². The molecule has 0 saturated carbocycles. The number of benzene rings is 3. The number of aliphatic hydroxyl groups is 1. The Kier molecular flexibility index (Phi) is 4.23. The van der Waals surface area contributed by atoms with E-state index in [1.165, 1.54) is 0 Å². The van der Waals surface area contributed by atoms with Gasteiger partial charge in [-0.05, 0) is 36.3 Å². The van der Waals surface area contributed by atoms with Gasteiger partial charge in [0.15, 0.2) is 0 Å². The van der Waals surface area contributed by atoms with Crippen molar-refractivity contribution in [1.82, 2.24) is 0 Å². The molecule has 3 nitrogen and oxygen atoms in total. The summed E-state index contributed by atoms with van der Waals surface area (Å²) in [5.41, 5.74) is 3.52. The van der Waals surface area contributed by atoms with Crippen LogP contribution in [0, 0.1) is 0 Å². The molecule has 0 saturated heterocycles. The third kappa shape index (κ3) is 2.98. The van der Waals surface area contributed by atoms with Gasteiger partial charge in [0.2, 0.25) is 0 Å². The molecule has 4 rings (SSSR count). The number of hydrogen-bond acceptors (Lipinski definition) is 3. The summed E-state index contributed by atoms with van der Waals surface area (Å²) < 4.78 is 11.7. The van der Waals surface area contributed by atoms with Gasteiger partial charge in [0.1, 0.15) is 11.5 Å². The Morgan fingerprint density at radius 2 is 1.62 bits per heavy atom. The van der Waals surface area contributed by atoms with Crippen molar-refractivity contribution in [3.63, 3.8) is 0 Å². The van der Waals surface area contributed by atoms with Gasteiger partial charge >= 0.3 is 0 Å². The van der Waals surface area contributed by atoms with E-state index in [1.54, 1.807) is 6.08 Å². The first kappa shape index (κ1) is 16.4. The van der Waals surface area contributed by atoms with E-state index >= 15 is 0 Å². The summed E-state index contributed by atoms with van der Waals surface area (Å²) >= 11 is 0. The molecule has 1 N–H and O–H groups in total. The third-order valence-electron chi connectivity index (χ3n) is 4.43. The van der Waals surface area contributed by atoms with Gasteiger partial charge in [-0.3, -0.25) is 0 Å². The van der Waals surface area contributed by atoms with Crippen molar-refractivity contribution in [3.8, 4) is 11.5 Å². The molecule has 0 amide bonds. The van der Waals surface area contributed by atoms with Crippen molar-refractivity contribution in [2.75, 3.05) is 6.61 Å². The predicted octanol–water partition coefficient (Wildman–Crippen LogP) is 4.75. The van der Waals surface area contributed by atoms with Crippen molar-refractivity contribution >= 4 is 5.57 Å². The van der Waals surface area contributed by atoms with Crippen LogP contribution in [-0.2, 0) is 5.79 Å². The quantitative estimate of drug-likeness (QED) is 0.742. The molecule has 26 heavy (non-hydrogen) atoms. The van der Waals surface area contributed by atoms with Crippen LogP contribution in [0.15, 0.2) is 84.9 Å². The lowest BCUT2D eigenvalue weighted by molar-refractivity contribution is -0.103. The monoisotopic (exact) mass is 344 g/mol. The summed E-state index contributed by atoms with van der Waals surface area (Å²) in [6, 6.07) is 25.1. The first-order chi connectivity index (χ1) is 12.7. The average Bonchev–Trinajstić information content (AvgIpc) is 2.69. The molecule has 1 aliphatic rings. The summed E-state index contributed by atoms with van der Waals surface area (Å²) in [6.07, 6.45) is 1.77. The number of fused-ring (bicyclic) bond motifs is 1. The van der Waals surface area contributed by atoms with Crippen LogP contribution in [0.4, 0.5) is 0 Å². The molecule has 3 aromatic carbocycles. The van der Waals surface area contributed by atoms with E-state index in [-0.39, 0.29) is 0 Å². The van der Waals surface area contributed by atoms with Gasteiger partial charge < -0.3 is 14.6 Å². The van der Waals surface area contributed by atoms with E-state index in [1.807, 2.05) is 85.8 Å². The molecule has 3 aromatic rings. The molecule has 1 atom stereocenters. The lowest BCUT2D eigenvalue weighted by atomic mass is 9.90. The van der Waals surface area contributed by atoms with Gasteiger partial charge in [-0.1, -0.05) is 60.7 Å². The highest BCUT2D eigenvalue weighted by Gasteiger charge is 2.35. The van der Waals surface area contributed by atoms with E-state index < -0.39 is 5.79 Å². The smallest absolute Gasteiger partial charge is 0.255 e. The fourth-order valence-electron chi connectivity index (χ4n) is 3.21. The van der Waals surface area contributed by atoms with Gasteiger partial charge in [0.25, 0.3) is 5.79 Å². The Labute approximate surface area is 153 Å². The van der Waals surface area contributed by atoms with Gasteiger partial charge in [-0.15, -0.1) is 0 Å². The molecule has 0 bridgehead atoms. The second kappa shape index (κ2) is 6.70. The molecule has 1 heterocycles. The number of rotatable bonds is 4. The first-order valence-corrected chi connectivity index (χ1v) is 8.72. The summed E-state index contributed by atoms with van der Waals surface area (Å²) in [5, 5.41) is 11.3. The third-order valence-corrected chi connectivity index (χ3v) is 4.43. The minimum absolute atomic E-state index is 0.595. The van der Waals surface area contributed by atoms with Crippen molar-refractivity contribution in [2.45, 2.75) is 12.7 Å². The molecule has 0 spiro atoms. The van der Waals surface area contributed by atoms with E-state index in [0.29, 0.717) is 17.9 Å². The highest BCUT2D eigenvalue weighted by Crippen LogP contribution is 2.43. The summed E-state index contributed by atoms with van der Waals surface area (Å²) in [4.78, 5) is 0. The fourth-order valence-corrected chi connectivity index (χ4v) is 3.21. The van der Waals surface area contributed by atoms with Gasteiger partial charge in [-0.25, -0.2) is 0 Å². The molecule has 130 valence electrons. The van der Waals surface area contributed by atoms with E-state index in [4.69, 9.17) is 9.47 Å². The lowest BCUT2D eigenvalue weighted by Crippen LogP contribution is -2.33. The zero-order valence-corrected chi connectivity index (χ0v) is 14.6. The maximum Gasteiger partial charge on any atom is 0.255 e. The Morgan fingerprint density at radius 3 is 2.31 bits per heavy atom. The van der Waals surface area contributed by atoms with Gasteiger partial charge in [-0.2, -0.15) is 0 Å². The minimum atomic E-state index is -1.52. The zero-order chi connectivity index (χ0) is 18.0. The van der Waals surface area contributed by atoms with Gasteiger partial charge in [0, 0.05) is 17.2 Å². The molecule has 0 aliphatic carbocycles. The van der Waals surface area contributed by atoms with E-state index in [0.717, 1.165) is 22.4 Å². The topological polar surface area (TPSA) is 38.7 Å². The van der Waals surface area contributed by atoms with Crippen molar-refractivity contribution in [3.05, 3.63) is 102 Å². The average molecular weight is 344 g/mol. The SMILES string of the molecule is CCOc1ccc2c(c1)C(c1ccccc1)=C[C@](O)(c1ccccc1)O2. The lowest BCUT2D eigenvalue weighted by Gasteiger charge is -2.33. The normalized spacial score (nSPS) is 18.5. The van der Waals surface area contributed by atoms with Crippen LogP contribution in [0.2, 0.25) is 0 Å². The fraction of sp³-hybridized carbons (Fsp3) is 0.130. The Morgan fingerprint density at radius 1 is 0.923 bits per heavy atom. The summed E-state index contributed by atoms with van der Waals surface area (Å²) in [5.74, 6) is -0.116. The highest BCUT2D eigenvalue weighted by molar-refractivity contribution is 5.85. The summed E-state index contributed by atoms with van der Waals surface area (Å²) in [7, 11) is 0. The molecule has 0 fully saturated rings. The van der Waals surface area contributed by atoms with Crippen LogP contribution in [-0.4, -0.2) is 11.7 Å². The Balaban J connectivity index is 1.89. The van der Waals surface area contributed by atoms with Crippen LogP contribution in [0.1, 0.15) is 23.6 Å². The van der Waals surface area contributed by atoms with Crippen LogP contribution in [0.25, 0.3) is 5.57 Å². The molecular formula is C23H20O3. The molecular weight excluding hydrogens is 324 g/mol. The number of hydrogen-bond donors (Lipinski definition) is 1. The summed E-state index contributed by atoms with van der Waals surface area (Å²) in [6.45, 7) is 2.55. The Hall–Kier alpha value is -3.04. The molecule has 1 aliphatic heterocycles. The predicted molar refractivity (Wildman–Crippen MR) is 102 cm³/mol. The molecule has 3 heteroatoms. The second-order valence-corrected chi connectivity index (χ2v) is 6.18. The van der Waals surface area contributed by atoms with Crippen molar-refractivity contribution < 1.29 is 14.6 Å². The maximum absolute atomic E-state index is 11.3. The molecule has 0 radical (unpaired) electrons.